The average molecular weight is 273 g/mol. The third kappa shape index (κ3) is 3.50. The molecule has 0 saturated heterocycles. The largest absolute Gasteiger partial charge is 0.495 e. The summed E-state index contributed by atoms with van der Waals surface area (Å²) in [6, 6.07) is 13.0. The van der Waals surface area contributed by atoms with Crippen LogP contribution in [0.25, 0.3) is 0 Å². The Bertz CT molecular complexity index is 583. The van der Waals surface area contributed by atoms with Gasteiger partial charge in [-0.15, -0.1) is 0 Å². The molecule has 0 bridgehead atoms. The Morgan fingerprint density at radius 2 is 1.95 bits per heavy atom. The molecule has 2 nitrogen and oxygen atoms in total. The first-order chi connectivity index (χ1) is 9.60. The number of rotatable bonds is 5. The molecule has 0 spiro atoms. The van der Waals surface area contributed by atoms with Crippen LogP contribution in [0.4, 0.5) is 10.1 Å². The molecule has 1 unspecified atom stereocenters. The van der Waals surface area contributed by atoms with Crippen LogP contribution in [0.2, 0.25) is 0 Å². The number of benzene rings is 2. The summed E-state index contributed by atoms with van der Waals surface area (Å²) in [5.41, 5.74) is 2.80. The number of anilines is 1. The topological polar surface area (TPSA) is 21.3 Å². The van der Waals surface area contributed by atoms with Crippen molar-refractivity contribution < 1.29 is 9.13 Å². The molecule has 0 heterocycles. The number of halogens is 1. The summed E-state index contributed by atoms with van der Waals surface area (Å²) in [6.07, 6.45) is 0.629. The highest BCUT2D eigenvalue weighted by Gasteiger charge is 2.10. The van der Waals surface area contributed by atoms with E-state index in [2.05, 4.69) is 5.32 Å². The van der Waals surface area contributed by atoms with Crippen LogP contribution in [0.3, 0.4) is 0 Å². The molecule has 2 aromatic carbocycles. The lowest BCUT2D eigenvalue weighted by Crippen LogP contribution is -2.19. The van der Waals surface area contributed by atoms with Crippen molar-refractivity contribution in [2.24, 2.45) is 0 Å². The summed E-state index contributed by atoms with van der Waals surface area (Å²) in [5, 5.41) is 3.37. The minimum atomic E-state index is -0.156. The van der Waals surface area contributed by atoms with Crippen molar-refractivity contribution in [3.8, 4) is 5.75 Å². The zero-order valence-corrected chi connectivity index (χ0v) is 12.1. The molecule has 0 aliphatic heterocycles. The van der Waals surface area contributed by atoms with Crippen LogP contribution in [0.5, 0.6) is 5.75 Å². The van der Waals surface area contributed by atoms with Crippen molar-refractivity contribution in [3.05, 3.63) is 59.4 Å². The Balaban J connectivity index is 2.08. The molecule has 0 radical (unpaired) electrons. The van der Waals surface area contributed by atoms with E-state index < -0.39 is 0 Å². The number of nitrogens with one attached hydrogen (secondary N) is 1. The fourth-order valence-electron chi connectivity index (χ4n) is 2.23. The van der Waals surface area contributed by atoms with Gasteiger partial charge in [-0.05, 0) is 49.6 Å². The van der Waals surface area contributed by atoms with E-state index in [0.29, 0.717) is 6.42 Å². The Kier molecular flexibility index (Phi) is 4.61. The molecule has 106 valence electrons. The zero-order valence-electron chi connectivity index (χ0n) is 12.1. The van der Waals surface area contributed by atoms with Gasteiger partial charge >= 0.3 is 0 Å². The first-order valence-corrected chi connectivity index (χ1v) is 6.74. The molecule has 2 rings (SSSR count). The Labute approximate surface area is 119 Å². The summed E-state index contributed by atoms with van der Waals surface area (Å²) in [6.45, 7) is 4.06. The third-order valence-electron chi connectivity index (χ3n) is 3.24. The molecule has 1 atom stereocenters. The van der Waals surface area contributed by atoms with Gasteiger partial charge in [0.2, 0.25) is 0 Å². The molecule has 0 fully saturated rings. The van der Waals surface area contributed by atoms with Gasteiger partial charge in [-0.3, -0.25) is 0 Å². The van der Waals surface area contributed by atoms with Crippen molar-refractivity contribution in [2.75, 3.05) is 12.4 Å². The molecule has 3 heteroatoms. The van der Waals surface area contributed by atoms with Crippen molar-refractivity contribution in [3.63, 3.8) is 0 Å². The van der Waals surface area contributed by atoms with Crippen molar-refractivity contribution in [1.82, 2.24) is 0 Å². The van der Waals surface area contributed by atoms with E-state index in [4.69, 9.17) is 4.74 Å². The quantitative estimate of drug-likeness (QED) is 0.882. The summed E-state index contributed by atoms with van der Waals surface area (Å²) in [5.74, 6) is 0.655. The molecule has 0 aromatic heterocycles. The van der Waals surface area contributed by atoms with Gasteiger partial charge in [0.25, 0.3) is 0 Å². The molecule has 0 aliphatic rings. The van der Waals surface area contributed by atoms with Gasteiger partial charge in [-0.25, -0.2) is 4.39 Å². The number of ether oxygens (including phenoxy) is 1. The third-order valence-corrected chi connectivity index (χ3v) is 3.24. The molecule has 0 aliphatic carbocycles. The first-order valence-electron chi connectivity index (χ1n) is 6.74. The van der Waals surface area contributed by atoms with E-state index in [-0.39, 0.29) is 11.9 Å². The molecule has 2 aromatic rings. The van der Waals surface area contributed by atoms with Gasteiger partial charge in [0.05, 0.1) is 12.8 Å². The predicted molar refractivity (Wildman–Crippen MR) is 80.9 cm³/mol. The second kappa shape index (κ2) is 6.42. The minimum absolute atomic E-state index is 0.114. The first kappa shape index (κ1) is 14.4. The summed E-state index contributed by atoms with van der Waals surface area (Å²) >= 11 is 0. The van der Waals surface area contributed by atoms with E-state index in [0.717, 1.165) is 22.6 Å². The van der Waals surface area contributed by atoms with E-state index in [1.165, 1.54) is 6.07 Å². The normalized spacial score (nSPS) is 12.0. The van der Waals surface area contributed by atoms with Crippen LogP contribution in [-0.2, 0) is 6.42 Å². The van der Waals surface area contributed by atoms with Crippen LogP contribution < -0.4 is 10.1 Å². The molecule has 0 saturated carbocycles. The van der Waals surface area contributed by atoms with Crippen molar-refractivity contribution >= 4 is 5.69 Å². The molecule has 0 amide bonds. The monoisotopic (exact) mass is 273 g/mol. The second-order valence-electron chi connectivity index (χ2n) is 5.04. The number of hydrogen-bond donors (Lipinski definition) is 1. The molecule has 1 N–H and O–H groups in total. The minimum Gasteiger partial charge on any atom is -0.495 e. The highest BCUT2D eigenvalue weighted by molar-refractivity contribution is 5.58. The fraction of sp³-hybridized carbons (Fsp3) is 0.294. The zero-order chi connectivity index (χ0) is 14.5. The highest BCUT2D eigenvalue weighted by atomic mass is 19.1. The van der Waals surface area contributed by atoms with Crippen LogP contribution in [0, 0.1) is 12.7 Å². The van der Waals surface area contributed by atoms with Gasteiger partial charge < -0.3 is 10.1 Å². The smallest absolute Gasteiger partial charge is 0.142 e. The maximum atomic E-state index is 13.6. The Morgan fingerprint density at radius 1 is 1.20 bits per heavy atom. The number of aryl methyl sites for hydroxylation is 1. The maximum Gasteiger partial charge on any atom is 0.142 e. The second-order valence-corrected chi connectivity index (χ2v) is 5.04. The SMILES string of the molecule is COc1cc(C)ccc1NC(C)Cc1ccccc1F. The van der Waals surface area contributed by atoms with Crippen molar-refractivity contribution in [1.29, 1.82) is 0 Å². The van der Waals surface area contributed by atoms with Crippen LogP contribution >= 0.6 is 0 Å². The van der Waals surface area contributed by atoms with E-state index in [1.807, 2.05) is 44.2 Å². The lowest BCUT2D eigenvalue weighted by atomic mass is 10.1. The van der Waals surface area contributed by atoms with Gasteiger partial charge in [0, 0.05) is 6.04 Å². The number of hydrogen-bond acceptors (Lipinski definition) is 2. The lowest BCUT2D eigenvalue weighted by Gasteiger charge is -2.18. The Hall–Kier alpha value is -2.03. The van der Waals surface area contributed by atoms with Crippen LogP contribution in [0.15, 0.2) is 42.5 Å². The predicted octanol–water partition coefficient (Wildman–Crippen LogP) is 4.19. The van der Waals surface area contributed by atoms with Crippen LogP contribution in [-0.4, -0.2) is 13.2 Å². The van der Waals surface area contributed by atoms with Gasteiger partial charge in [-0.1, -0.05) is 24.3 Å². The lowest BCUT2D eigenvalue weighted by molar-refractivity contribution is 0.415. The van der Waals surface area contributed by atoms with E-state index in [1.54, 1.807) is 13.2 Å². The standard InChI is InChI=1S/C17H20FNO/c1-12-8-9-16(17(10-12)20-3)19-13(2)11-14-6-4-5-7-15(14)18/h4-10,13,19H,11H2,1-3H3. The van der Waals surface area contributed by atoms with E-state index in [9.17, 15) is 4.39 Å². The Morgan fingerprint density at radius 3 is 2.65 bits per heavy atom. The van der Waals surface area contributed by atoms with Gasteiger partial charge in [-0.2, -0.15) is 0 Å². The molecule has 20 heavy (non-hydrogen) atoms. The van der Waals surface area contributed by atoms with Crippen molar-refractivity contribution in [2.45, 2.75) is 26.3 Å². The fourth-order valence-corrected chi connectivity index (χ4v) is 2.23. The average Bonchev–Trinajstić information content (AvgIpc) is 2.43. The molecular formula is C17H20FNO. The highest BCUT2D eigenvalue weighted by Crippen LogP contribution is 2.26. The van der Waals surface area contributed by atoms with E-state index >= 15 is 0 Å². The summed E-state index contributed by atoms with van der Waals surface area (Å²) in [7, 11) is 1.65. The summed E-state index contributed by atoms with van der Waals surface area (Å²) < 4.78 is 19.0. The van der Waals surface area contributed by atoms with Gasteiger partial charge in [0.1, 0.15) is 11.6 Å². The van der Waals surface area contributed by atoms with Gasteiger partial charge in [0.15, 0.2) is 0 Å². The maximum absolute atomic E-state index is 13.6. The number of methoxy groups -OCH3 is 1. The molecular weight excluding hydrogens is 253 g/mol. The summed E-state index contributed by atoms with van der Waals surface area (Å²) in [4.78, 5) is 0. The van der Waals surface area contributed by atoms with Crippen LogP contribution in [0.1, 0.15) is 18.1 Å².